The van der Waals surface area contributed by atoms with Crippen molar-refractivity contribution in [2.45, 2.75) is 26.0 Å². The molecule has 0 aromatic heterocycles. The zero-order valence-corrected chi connectivity index (χ0v) is 7.08. The number of ether oxygens (including phenoxy) is 1. The largest absolute Gasteiger partial charge is 0.361 e. The Morgan fingerprint density at radius 3 is 2.91 bits per heavy atom. The van der Waals surface area contributed by atoms with E-state index in [0.29, 0.717) is 12.6 Å². The van der Waals surface area contributed by atoms with Gasteiger partial charge >= 0.3 is 0 Å². The summed E-state index contributed by atoms with van der Waals surface area (Å²) in [6, 6.07) is 2.65. The van der Waals surface area contributed by atoms with E-state index in [1.165, 1.54) is 0 Å². The molecular formula is C8H14N2O. The third-order valence-electron chi connectivity index (χ3n) is 1.97. The summed E-state index contributed by atoms with van der Waals surface area (Å²) in [6.45, 7) is 6.68. The molecule has 0 spiro atoms. The maximum atomic E-state index is 8.59. The molecule has 11 heavy (non-hydrogen) atoms. The summed E-state index contributed by atoms with van der Waals surface area (Å²) in [6.07, 6.45) is -0.217. The highest BCUT2D eigenvalue weighted by Gasteiger charge is 2.21. The summed E-state index contributed by atoms with van der Waals surface area (Å²) in [5, 5.41) is 8.59. The normalized spacial score (nSPS) is 26.9. The molecule has 0 aliphatic carbocycles. The Kier molecular flexibility index (Phi) is 2.86. The van der Waals surface area contributed by atoms with Crippen LogP contribution in [-0.4, -0.2) is 36.7 Å². The van der Waals surface area contributed by atoms with Crippen LogP contribution in [0, 0.1) is 11.3 Å². The van der Waals surface area contributed by atoms with Gasteiger partial charge in [-0.1, -0.05) is 0 Å². The fraction of sp³-hybridized carbons (Fsp3) is 0.875. The summed E-state index contributed by atoms with van der Waals surface area (Å²) < 4.78 is 5.20. The van der Waals surface area contributed by atoms with Gasteiger partial charge in [-0.05, 0) is 13.8 Å². The lowest BCUT2D eigenvalue weighted by Crippen LogP contribution is -2.45. The maximum Gasteiger partial charge on any atom is 0.156 e. The van der Waals surface area contributed by atoms with E-state index in [0.717, 1.165) is 13.1 Å². The molecule has 0 N–H and O–H groups in total. The predicted molar refractivity (Wildman–Crippen MR) is 42.1 cm³/mol. The van der Waals surface area contributed by atoms with Crippen molar-refractivity contribution in [2.24, 2.45) is 0 Å². The molecule has 0 unspecified atom stereocenters. The lowest BCUT2D eigenvalue weighted by atomic mass is 10.2. The third-order valence-corrected chi connectivity index (χ3v) is 1.97. The molecule has 1 fully saturated rings. The minimum Gasteiger partial charge on any atom is -0.361 e. The van der Waals surface area contributed by atoms with Gasteiger partial charge in [0.25, 0.3) is 0 Å². The Labute approximate surface area is 67.6 Å². The standard InChI is InChI=1S/C8H14N2O/c1-7(2)10-3-4-11-8(5-9)6-10/h7-8H,3-4,6H2,1-2H3/t8-/m0/s1. The first-order valence-corrected chi connectivity index (χ1v) is 3.99. The smallest absolute Gasteiger partial charge is 0.156 e. The Morgan fingerprint density at radius 1 is 1.64 bits per heavy atom. The van der Waals surface area contributed by atoms with Crippen LogP contribution in [0.25, 0.3) is 0 Å². The number of nitrogens with zero attached hydrogens (tertiary/aromatic N) is 2. The van der Waals surface area contributed by atoms with E-state index in [-0.39, 0.29) is 6.10 Å². The van der Waals surface area contributed by atoms with Crippen LogP contribution < -0.4 is 0 Å². The molecule has 3 nitrogen and oxygen atoms in total. The van der Waals surface area contributed by atoms with Gasteiger partial charge < -0.3 is 4.74 Å². The van der Waals surface area contributed by atoms with Crippen molar-refractivity contribution in [2.75, 3.05) is 19.7 Å². The third kappa shape index (κ3) is 2.18. The second-order valence-corrected chi connectivity index (χ2v) is 3.08. The van der Waals surface area contributed by atoms with Crippen molar-refractivity contribution in [3.63, 3.8) is 0 Å². The van der Waals surface area contributed by atoms with Gasteiger partial charge in [-0.15, -0.1) is 0 Å². The zero-order valence-electron chi connectivity index (χ0n) is 7.08. The van der Waals surface area contributed by atoms with Crippen LogP contribution in [0.2, 0.25) is 0 Å². The fourth-order valence-electron chi connectivity index (χ4n) is 1.22. The van der Waals surface area contributed by atoms with E-state index in [2.05, 4.69) is 24.8 Å². The molecule has 1 aliphatic rings. The monoisotopic (exact) mass is 154 g/mol. The molecule has 0 bridgehead atoms. The van der Waals surface area contributed by atoms with E-state index in [1.54, 1.807) is 0 Å². The fourth-order valence-corrected chi connectivity index (χ4v) is 1.22. The average Bonchev–Trinajstić information content (AvgIpc) is 2.05. The molecule has 1 aliphatic heterocycles. The second kappa shape index (κ2) is 3.70. The highest BCUT2D eigenvalue weighted by atomic mass is 16.5. The average molecular weight is 154 g/mol. The van der Waals surface area contributed by atoms with E-state index in [4.69, 9.17) is 10.00 Å². The van der Waals surface area contributed by atoms with Crippen LogP contribution in [0.5, 0.6) is 0 Å². The summed E-state index contributed by atoms with van der Waals surface area (Å²) >= 11 is 0. The highest BCUT2D eigenvalue weighted by Crippen LogP contribution is 2.07. The van der Waals surface area contributed by atoms with Crippen LogP contribution in [0.15, 0.2) is 0 Å². The van der Waals surface area contributed by atoms with Crippen molar-refractivity contribution >= 4 is 0 Å². The highest BCUT2D eigenvalue weighted by molar-refractivity contribution is 4.89. The van der Waals surface area contributed by atoms with Crippen molar-refractivity contribution in [3.8, 4) is 6.07 Å². The summed E-state index contributed by atoms with van der Waals surface area (Å²) in [5.41, 5.74) is 0. The SMILES string of the molecule is CC(C)N1CCO[C@@H](C#N)C1. The molecule has 1 heterocycles. The maximum absolute atomic E-state index is 8.59. The number of nitriles is 1. The molecule has 62 valence electrons. The van der Waals surface area contributed by atoms with Gasteiger partial charge in [0.15, 0.2) is 6.10 Å². The van der Waals surface area contributed by atoms with Gasteiger partial charge in [0.1, 0.15) is 0 Å². The van der Waals surface area contributed by atoms with Crippen LogP contribution in [0.3, 0.4) is 0 Å². The van der Waals surface area contributed by atoms with Crippen LogP contribution >= 0.6 is 0 Å². The Morgan fingerprint density at radius 2 is 2.36 bits per heavy atom. The Hall–Kier alpha value is -0.590. The molecule has 1 saturated heterocycles. The molecule has 3 heteroatoms. The van der Waals surface area contributed by atoms with E-state index in [1.807, 2.05) is 0 Å². The molecule has 0 radical (unpaired) electrons. The molecule has 0 aromatic rings. The lowest BCUT2D eigenvalue weighted by Gasteiger charge is -2.32. The molecule has 1 rings (SSSR count). The summed E-state index contributed by atoms with van der Waals surface area (Å²) in [4.78, 5) is 2.26. The number of morpholine rings is 1. The van der Waals surface area contributed by atoms with Crippen molar-refractivity contribution in [1.29, 1.82) is 5.26 Å². The second-order valence-electron chi connectivity index (χ2n) is 3.08. The van der Waals surface area contributed by atoms with Crippen LogP contribution in [-0.2, 0) is 4.74 Å². The van der Waals surface area contributed by atoms with E-state index >= 15 is 0 Å². The molecule has 0 amide bonds. The Bertz CT molecular complexity index is 162. The number of hydrogen-bond acceptors (Lipinski definition) is 3. The summed E-state index contributed by atoms with van der Waals surface area (Å²) in [7, 11) is 0. The van der Waals surface area contributed by atoms with Gasteiger partial charge in [0.05, 0.1) is 12.7 Å². The molecule has 1 atom stereocenters. The molecular weight excluding hydrogens is 140 g/mol. The number of hydrogen-bond donors (Lipinski definition) is 0. The van der Waals surface area contributed by atoms with Crippen molar-refractivity contribution in [3.05, 3.63) is 0 Å². The molecule has 0 saturated carbocycles. The lowest BCUT2D eigenvalue weighted by molar-refractivity contribution is -0.0112. The zero-order chi connectivity index (χ0) is 8.27. The van der Waals surface area contributed by atoms with Gasteiger partial charge in [0.2, 0.25) is 0 Å². The van der Waals surface area contributed by atoms with Gasteiger partial charge in [-0.3, -0.25) is 4.90 Å². The first-order chi connectivity index (χ1) is 5.24. The summed E-state index contributed by atoms with van der Waals surface area (Å²) in [5.74, 6) is 0. The van der Waals surface area contributed by atoms with Gasteiger partial charge in [-0.25, -0.2) is 0 Å². The quantitative estimate of drug-likeness (QED) is 0.555. The molecule has 0 aromatic carbocycles. The van der Waals surface area contributed by atoms with E-state index < -0.39 is 0 Å². The Balaban J connectivity index is 2.41. The van der Waals surface area contributed by atoms with Gasteiger partial charge in [0, 0.05) is 19.1 Å². The minimum absolute atomic E-state index is 0.217. The van der Waals surface area contributed by atoms with Crippen LogP contribution in [0.4, 0.5) is 0 Å². The number of rotatable bonds is 1. The van der Waals surface area contributed by atoms with E-state index in [9.17, 15) is 0 Å². The minimum atomic E-state index is -0.217. The van der Waals surface area contributed by atoms with Crippen molar-refractivity contribution < 1.29 is 4.74 Å². The predicted octanol–water partition coefficient (Wildman–Crippen LogP) is 0.619. The first-order valence-electron chi connectivity index (χ1n) is 3.99. The van der Waals surface area contributed by atoms with Crippen LogP contribution in [0.1, 0.15) is 13.8 Å². The van der Waals surface area contributed by atoms with Gasteiger partial charge in [-0.2, -0.15) is 5.26 Å². The first kappa shape index (κ1) is 8.51. The topological polar surface area (TPSA) is 36.3 Å². The van der Waals surface area contributed by atoms with Crippen molar-refractivity contribution in [1.82, 2.24) is 4.90 Å².